The molecule has 1 aromatic heterocycles. The number of aromatic hydroxyl groups is 1. The van der Waals surface area contributed by atoms with Crippen LogP contribution in [0.5, 0.6) is 5.75 Å². The van der Waals surface area contributed by atoms with Crippen molar-refractivity contribution in [2.75, 3.05) is 7.11 Å². The van der Waals surface area contributed by atoms with Crippen LogP contribution in [0.3, 0.4) is 0 Å². The molecule has 1 aromatic carbocycles. The van der Waals surface area contributed by atoms with Gasteiger partial charge in [0.25, 0.3) is 0 Å². The van der Waals surface area contributed by atoms with E-state index >= 15 is 0 Å². The number of fused-ring (bicyclic) bond motifs is 1. The van der Waals surface area contributed by atoms with E-state index in [1.807, 2.05) is 0 Å². The maximum Gasteiger partial charge on any atom is 0.311 e. The molecule has 1 heterocycles. The topological polar surface area (TPSA) is 75.2 Å². The van der Waals surface area contributed by atoms with E-state index in [1.165, 1.54) is 7.11 Å². The molecule has 0 radical (unpaired) electrons. The van der Waals surface area contributed by atoms with Gasteiger partial charge in [0.15, 0.2) is 0 Å². The average Bonchev–Trinajstić information content (AvgIpc) is 2.63. The Kier molecular flexibility index (Phi) is 2.29. The van der Waals surface area contributed by atoms with E-state index in [0.29, 0.717) is 11.2 Å². The van der Waals surface area contributed by atoms with Crippen LogP contribution in [0, 0.1) is 0 Å². The Hall–Kier alpha value is -2.04. The van der Waals surface area contributed by atoms with E-state index in [4.69, 9.17) is 0 Å². The first kappa shape index (κ1) is 9.51. The quantitative estimate of drug-likeness (QED) is 0.718. The minimum Gasteiger partial charge on any atom is -0.506 e. The van der Waals surface area contributed by atoms with E-state index < -0.39 is 0 Å². The molecule has 2 rings (SSSR count). The summed E-state index contributed by atoms with van der Waals surface area (Å²) in [7, 11) is 1.33. The molecule has 78 valence electrons. The van der Waals surface area contributed by atoms with Crippen LogP contribution in [0.25, 0.3) is 10.9 Å². The molecule has 15 heavy (non-hydrogen) atoms. The smallest absolute Gasteiger partial charge is 0.311 e. The number of esters is 1. The lowest BCUT2D eigenvalue weighted by Gasteiger charge is -1.97. The Balaban J connectivity index is 2.45. The number of phenolic OH excluding ortho intramolecular Hbond substituents is 1. The molecule has 0 aliphatic carbocycles. The van der Waals surface area contributed by atoms with Crippen LogP contribution in [0.4, 0.5) is 0 Å². The second-order valence-corrected chi connectivity index (χ2v) is 3.13. The fourth-order valence-electron chi connectivity index (χ4n) is 1.43. The van der Waals surface area contributed by atoms with Gasteiger partial charge in [-0.1, -0.05) is 12.1 Å². The minimum absolute atomic E-state index is 0.0971. The zero-order valence-electron chi connectivity index (χ0n) is 8.15. The maximum absolute atomic E-state index is 11.1. The summed E-state index contributed by atoms with van der Waals surface area (Å²) in [6, 6.07) is 5.04. The van der Waals surface area contributed by atoms with Crippen LogP contribution in [0.2, 0.25) is 0 Å². The van der Waals surface area contributed by atoms with Crippen molar-refractivity contribution in [2.24, 2.45) is 0 Å². The normalized spacial score (nSPS) is 10.5. The van der Waals surface area contributed by atoms with E-state index in [-0.39, 0.29) is 18.1 Å². The van der Waals surface area contributed by atoms with Gasteiger partial charge in [-0.3, -0.25) is 9.89 Å². The third-order valence-electron chi connectivity index (χ3n) is 2.19. The van der Waals surface area contributed by atoms with Crippen LogP contribution in [0.1, 0.15) is 5.69 Å². The number of methoxy groups -OCH3 is 1. The zero-order chi connectivity index (χ0) is 10.8. The maximum atomic E-state index is 11.1. The summed E-state index contributed by atoms with van der Waals surface area (Å²) in [5, 5.41) is 16.8. The van der Waals surface area contributed by atoms with Gasteiger partial charge in [0.2, 0.25) is 0 Å². The third kappa shape index (κ3) is 1.63. The number of carbonyl (C=O) groups is 1. The predicted molar refractivity (Wildman–Crippen MR) is 53.5 cm³/mol. The van der Waals surface area contributed by atoms with Crippen molar-refractivity contribution in [3.63, 3.8) is 0 Å². The molecular weight excluding hydrogens is 196 g/mol. The SMILES string of the molecule is COC(=O)Cc1[nH]nc2c(O)cccc12. The first-order chi connectivity index (χ1) is 7.22. The van der Waals surface area contributed by atoms with Crippen molar-refractivity contribution in [3.8, 4) is 5.75 Å². The summed E-state index contributed by atoms with van der Waals surface area (Å²) in [5.74, 6) is -0.247. The Morgan fingerprint density at radius 3 is 3.13 bits per heavy atom. The van der Waals surface area contributed by atoms with Gasteiger partial charge in [-0.15, -0.1) is 0 Å². The molecule has 0 saturated heterocycles. The molecule has 0 unspecified atom stereocenters. The fraction of sp³-hybridized carbons (Fsp3) is 0.200. The Bertz CT molecular complexity index is 504. The molecule has 0 spiro atoms. The number of H-pyrrole nitrogens is 1. The number of rotatable bonds is 2. The highest BCUT2D eigenvalue weighted by Crippen LogP contribution is 2.24. The first-order valence-corrected chi connectivity index (χ1v) is 4.44. The zero-order valence-corrected chi connectivity index (χ0v) is 8.15. The lowest BCUT2D eigenvalue weighted by atomic mass is 10.1. The number of nitrogens with zero attached hydrogens (tertiary/aromatic N) is 1. The molecule has 0 bridgehead atoms. The van der Waals surface area contributed by atoms with Crippen LogP contribution < -0.4 is 0 Å². The molecule has 0 aliphatic heterocycles. The van der Waals surface area contributed by atoms with E-state index in [0.717, 1.165) is 5.39 Å². The largest absolute Gasteiger partial charge is 0.506 e. The second-order valence-electron chi connectivity index (χ2n) is 3.13. The van der Waals surface area contributed by atoms with Gasteiger partial charge in [-0.2, -0.15) is 5.10 Å². The molecule has 0 fully saturated rings. The van der Waals surface area contributed by atoms with E-state index in [9.17, 15) is 9.90 Å². The average molecular weight is 206 g/mol. The molecule has 0 amide bonds. The molecule has 2 N–H and O–H groups in total. The van der Waals surface area contributed by atoms with Gasteiger partial charge in [-0.05, 0) is 6.07 Å². The molecule has 0 aliphatic rings. The van der Waals surface area contributed by atoms with E-state index in [2.05, 4.69) is 14.9 Å². The lowest BCUT2D eigenvalue weighted by molar-refractivity contribution is -0.139. The summed E-state index contributed by atoms with van der Waals surface area (Å²) in [6.45, 7) is 0. The number of para-hydroxylation sites is 1. The molecule has 0 atom stereocenters. The predicted octanol–water partition coefficient (Wildman–Crippen LogP) is 0.984. The molecular formula is C10H10N2O3. The van der Waals surface area contributed by atoms with Crippen molar-refractivity contribution in [2.45, 2.75) is 6.42 Å². The number of aromatic amines is 1. The first-order valence-electron chi connectivity index (χ1n) is 4.44. The number of hydrogen-bond acceptors (Lipinski definition) is 4. The summed E-state index contributed by atoms with van der Waals surface area (Å²) < 4.78 is 4.55. The van der Waals surface area contributed by atoms with Gasteiger partial charge in [-0.25, -0.2) is 0 Å². The van der Waals surface area contributed by atoms with Gasteiger partial charge in [0.1, 0.15) is 11.3 Å². The Morgan fingerprint density at radius 1 is 1.60 bits per heavy atom. The molecule has 5 heteroatoms. The Morgan fingerprint density at radius 2 is 2.40 bits per heavy atom. The van der Waals surface area contributed by atoms with Gasteiger partial charge < -0.3 is 9.84 Å². The van der Waals surface area contributed by atoms with Crippen molar-refractivity contribution < 1.29 is 14.6 Å². The third-order valence-corrected chi connectivity index (χ3v) is 2.19. The highest BCUT2D eigenvalue weighted by Gasteiger charge is 2.11. The number of hydrogen-bond donors (Lipinski definition) is 2. The molecule has 2 aromatic rings. The van der Waals surface area contributed by atoms with Gasteiger partial charge in [0, 0.05) is 5.39 Å². The van der Waals surface area contributed by atoms with Gasteiger partial charge >= 0.3 is 5.97 Å². The van der Waals surface area contributed by atoms with Crippen molar-refractivity contribution in [3.05, 3.63) is 23.9 Å². The highest BCUT2D eigenvalue weighted by molar-refractivity contribution is 5.89. The number of ether oxygens (including phenoxy) is 1. The van der Waals surface area contributed by atoms with Crippen LogP contribution >= 0.6 is 0 Å². The minimum atomic E-state index is -0.344. The van der Waals surface area contributed by atoms with E-state index in [1.54, 1.807) is 18.2 Å². The lowest BCUT2D eigenvalue weighted by Crippen LogP contribution is -2.04. The number of phenols is 1. The molecule has 0 saturated carbocycles. The Labute approximate surface area is 85.7 Å². The molecule has 5 nitrogen and oxygen atoms in total. The summed E-state index contributed by atoms with van der Waals surface area (Å²) in [4.78, 5) is 11.1. The highest BCUT2D eigenvalue weighted by atomic mass is 16.5. The monoisotopic (exact) mass is 206 g/mol. The fourth-order valence-corrected chi connectivity index (χ4v) is 1.43. The van der Waals surface area contributed by atoms with Crippen molar-refractivity contribution in [1.82, 2.24) is 10.2 Å². The van der Waals surface area contributed by atoms with Crippen LogP contribution in [-0.2, 0) is 16.0 Å². The second kappa shape index (κ2) is 3.61. The number of aromatic nitrogens is 2. The van der Waals surface area contributed by atoms with Gasteiger partial charge in [0.05, 0.1) is 19.2 Å². The van der Waals surface area contributed by atoms with Crippen LogP contribution in [0.15, 0.2) is 18.2 Å². The summed E-state index contributed by atoms with van der Waals surface area (Å²) in [5.41, 5.74) is 1.11. The number of carbonyl (C=O) groups excluding carboxylic acids is 1. The van der Waals surface area contributed by atoms with Crippen LogP contribution in [-0.4, -0.2) is 28.4 Å². The number of benzene rings is 1. The number of nitrogens with one attached hydrogen (secondary N) is 1. The standard InChI is InChI=1S/C10H10N2O3/c1-15-9(14)5-7-6-3-2-4-8(13)10(6)12-11-7/h2-4,13H,5H2,1H3,(H,11,12). The van der Waals surface area contributed by atoms with Crippen molar-refractivity contribution in [1.29, 1.82) is 0 Å². The summed E-state index contributed by atoms with van der Waals surface area (Å²) >= 11 is 0. The van der Waals surface area contributed by atoms with Crippen molar-refractivity contribution >= 4 is 16.9 Å². The summed E-state index contributed by atoms with van der Waals surface area (Å²) in [6.07, 6.45) is 0.121.